The first-order valence-corrected chi connectivity index (χ1v) is 17.5. The van der Waals surface area contributed by atoms with E-state index in [-0.39, 0.29) is 6.71 Å². The predicted molar refractivity (Wildman–Crippen MR) is 213 cm³/mol. The van der Waals surface area contributed by atoms with E-state index in [1.807, 2.05) is 12.1 Å². The zero-order valence-corrected chi connectivity index (χ0v) is 27.6. The maximum Gasteiger partial charge on any atom is 0.260 e. The first-order valence-electron chi connectivity index (χ1n) is 17.5. The van der Waals surface area contributed by atoms with Crippen molar-refractivity contribution in [3.05, 3.63) is 176 Å². The van der Waals surface area contributed by atoms with Crippen LogP contribution in [0.3, 0.4) is 0 Å². The van der Waals surface area contributed by atoms with Crippen molar-refractivity contribution in [2.75, 3.05) is 0 Å². The van der Waals surface area contributed by atoms with Gasteiger partial charge in [0.15, 0.2) is 0 Å². The lowest BCUT2D eigenvalue weighted by molar-refractivity contribution is 0.465. The summed E-state index contributed by atoms with van der Waals surface area (Å²) in [6.07, 6.45) is 0. The molecule has 9 aromatic carbocycles. The zero-order chi connectivity index (χ0) is 33.5. The van der Waals surface area contributed by atoms with Gasteiger partial charge in [-0.1, -0.05) is 152 Å². The Morgan fingerprint density at radius 3 is 1.37 bits per heavy atom. The summed E-state index contributed by atoms with van der Waals surface area (Å²) in [5, 5.41) is 7.34. The molecule has 51 heavy (non-hydrogen) atoms. The lowest BCUT2D eigenvalue weighted by Gasteiger charge is -2.33. The van der Waals surface area contributed by atoms with E-state index in [4.69, 9.17) is 9.47 Å². The molecule has 236 valence electrons. The summed E-state index contributed by atoms with van der Waals surface area (Å²) in [5.74, 6) is 3.49. The van der Waals surface area contributed by atoms with E-state index in [1.54, 1.807) is 0 Å². The van der Waals surface area contributed by atoms with E-state index in [0.717, 1.165) is 34.0 Å². The second-order valence-electron chi connectivity index (χ2n) is 13.5. The molecule has 0 fully saturated rings. The van der Waals surface area contributed by atoms with Gasteiger partial charge in [0, 0.05) is 5.46 Å². The van der Waals surface area contributed by atoms with E-state index in [1.165, 1.54) is 71.1 Å². The highest BCUT2D eigenvalue weighted by molar-refractivity contribution is 6.98. The van der Waals surface area contributed by atoms with Gasteiger partial charge in [-0.25, -0.2) is 0 Å². The van der Waals surface area contributed by atoms with Gasteiger partial charge < -0.3 is 9.47 Å². The fraction of sp³-hybridized carbons (Fsp3) is 0. The molecular formula is C48H29BO2. The van der Waals surface area contributed by atoms with Crippen LogP contribution in [0.2, 0.25) is 0 Å². The Kier molecular flexibility index (Phi) is 6.08. The maximum absolute atomic E-state index is 6.71. The van der Waals surface area contributed by atoms with Crippen molar-refractivity contribution in [1.29, 1.82) is 0 Å². The van der Waals surface area contributed by atoms with E-state index in [2.05, 4.69) is 164 Å². The molecule has 0 saturated heterocycles. The van der Waals surface area contributed by atoms with Crippen LogP contribution in [-0.4, -0.2) is 6.71 Å². The maximum atomic E-state index is 6.71. The number of hydrogen-bond donors (Lipinski definition) is 0. The molecule has 2 heterocycles. The Labute approximate surface area is 296 Å². The molecule has 0 N–H and O–H groups in total. The molecule has 0 radical (unpaired) electrons. The number of hydrogen-bond acceptors (Lipinski definition) is 2. The number of benzene rings is 9. The Morgan fingerprint density at radius 1 is 0.333 bits per heavy atom. The monoisotopic (exact) mass is 648 g/mol. The summed E-state index contributed by atoms with van der Waals surface area (Å²) >= 11 is 0. The highest BCUT2D eigenvalue weighted by Gasteiger charge is 2.40. The molecule has 2 nitrogen and oxygen atoms in total. The van der Waals surface area contributed by atoms with Crippen LogP contribution >= 0.6 is 0 Å². The first kappa shape index (κ1) is 28.3. The first-order chi connectivity index (χ1) is 25.3. The predicted octanol–water partition coefficient (Wildman–Crippen LogP) is 10.9. The topological polar surface area (TPSA) is 18.5 Å². The minimum absolute atomic E-state index is 0.0478. The highest BCUT2D eigenvalue weighted by Crippen LogP contribution is 2.46. The largest absolute Gasteiger partial charge is 0.458 e. The van der Waals surface area contributed by atoms with Crippen molar-refractivity contribution in [2.45, 2.75) is 0 Å². The van der Waals surface area contributed by atoms with Gasteiger partial charge in [0.05, 0.1) is 0 Å². The van der Waals surface area contributed by atoms with Crippen molar-refractivity contribution in [2.24, 2.45) is 0 Å². The second-order valence-corrected chi connectivity index (χ2v) is 13.5. The average molecular weight is 649 g/mol. The van der Waals surface area contributed by atoms with E-state index < -0.39 is 0 Å². The van der Waals surface area contributed by atoms with Crippen molar-refractivity contribution in [1.82, 2.24) is 0 Å². The van der Waals surface area contributed by atoms with Gasteiger partial charge >= 0.3 is 0 Å². The Balaban J connectivity index is 1.12. The number of ether oxygens (including phenoxy) is 2. The molecular weight excluding hydrogens is 619 g/mol. The Morgan fingerprint density at radius 2 is 0.784 bits per heavy atom. The minimum atomic E-state index is 0.0478. The van der Waals surface area contributed by atoms with E-state index >= 15 is 0 Å². The summed E-state index contributed by atoms with van der Waals surface area (Å²) in [4.78, 5) is 0. The lowest BCUT2D eigenvalue weighted by Crippen LogP contribution is -2.57. The normalized spacial score (nSPS) is 12.6. The van der Waals surface area contributed by atoms with Crippen LogP contribution in [0.1, 0.15) is 0 Å². The summed E-state index contributed by atoms with van der Waals surface area (Å²) < 4.78 is 13.4. The summed E-state index contributed by atoms with van der Waals surface area (Å²) in [7, 11) is 0. The fourth-order valence-electron chi connectivity index (χ4n) is 8.58. The summed E-state index contributed by atoms with van der Waals surface area (Å²) in [5.41, 5.74) is 10.6. The molecule has 0 spiro atoms. The number of fused-ring (bicyclic) bond motifs is 7. The quantitative estimate of drug-likeness (QED) is 0.140. The van der Waals surface area contributed by atoms with Gasteiger partial charge in [0.2, 0.25) is 0 Å². The molecule has 0 aromatic heterocycles. The van der Waals surface area contributed by atoms with Gasteiger partial charge in [0.25, 0.3) is 6.71 Å². The summed E-state index contributed by atoms with van der Waals surface area (Å²) in [6.45, 7) is 0.0478. The Bertz CT molecular complexity index is 2740. The zero-order valence-electron chi connectivity index (χ0n) is 27.6. The van der Waals surface area contributed by atoms with Gasteiger partial charge in [-0.05, 0) is 101 Å². The Hall–Kier alpha value is -6.58. The molecule has 0 aliphatic carbocycles. The van der Waals surface area contributed by atoms with E-state index in [0.29, 0.717) is 0 Å². The molecule has 0 bridgehead atoms. The lowest BCUT2D eigenvalue weighted by atomic mass is 9.35. The van der Waals surface area contributed by atoms with E-state index in [9.17, 15) is 0 Å². The van der Waals surface area contributed by atoms with Gasteiger partial charge in [-0.3, -0.25) is 0 Å². The number of rotatable bonds is 3. The van der Waals surface area contributed by atoms with Gasteiger partial charge in [-0.15, -0.1) is 0 Å². The van der Waals surface area contributed by atoms with Crippen LogP contribution in [0.25, 0.3) is 65.7 Å². The summed E-state index contributed by atoms with van der Waals surface area (Å²) in [6, 6.07) is 63.1. The van der Waals surface area contributed by atoms with Gasteiger partial charge in [0.1, 0.15) is 23.0 Å². The van der Waals surface area contributed by atoms with Crippen molar-refractivity contribution < 1.29 is 9.47 Å². The molecule has 9 aromatic rings. The van der Waals surface area contributed by atoms with Crippen molar-refractivity contribution in [3.8, 4) is 56.4 Å². The minimum Gasteiger partial charge on any atom is -0.458 e. The smallest absolute Gasteiger partial charge is 0.260 e. The number of para-hydroxylation sites is 2. The molecule has 0 unspecified atom stereocenters. The van der Waals surface area contributed by atoms with Crippen LogP contribution in [0.4, 0.5) is 0 Å². The third-order valence-electron chi connectivity index (χ3n) is 10.8. The molecule has 0 amide bonds. The molecule has 11 rings (SSSR count). The van der Waals surface area contributed by atoms with Gasteiger partial charge in [-0.2, -0.15) is 0 Å². The van der Waals surface area contributed by atoms with Crippen LogP contribution in [-0.2, 0) is 0 Å². The third-order valence-corrected chi connectivity index (χ3v) is 10.8. The molecule has 0 atom stereocenters. The molecule has 0 saturated carbocycles. The van der Waals surface area contributed by atoms with Crippen molar-refractivity contribution in [3.63, 3.8) is 0 Å². The van der Waals surface area contributed by atoms with Crippen LogP contribution in [0, 0.1) is 0 Å². The SMILES string of the molecule is c1ccc2c(c1)Oc1cc(-c3c4ccccc4c(-c4ccc(-c5cccc6ccccc56)cc4)c4ccccc34)cc3c1B2c1ccccc1O3. The second kappa shape index (κ2) is 11.0. The highest BCUT2D eigenvalue weighted by atomic mass is 16.5. The fourth-order valence-corrected chi connectivity index (χ4v) is 8.58. The average Bonchev–Trinajstić information content (AvgIpc) is 3.19. The van der Waals surface area contributed by atoms with Crippen LogP contribution < -0.4 is 25.9 Å². The van der Waals surface area contributed by atoms with Crippen LogP contribution in [0.5, 0.6) is 23.0 Å². The molecule has 3 heteroatoms. The van der Waals surface area contributed by atoms with Crippen LogP contribution in [0.15, 0.2) is 176 Å². The molecule has 2 aliphatic heterocycles. The van der Waals surface area contributed by atoms with Crippen molar-refractivity contribution >= 4 is 55.4 Å². The standard InChI is InChI=1S/C48H29BO2/c1-2-14-34-30(12-1)13-11-19-35(34)31-24-26-32(27-25-31)46-36-15-3-5-17-38(36)47(39-18-6-4-16-37(39)46)33-28-44-48-45(29-33)51-43-23-10-8-21-41(43)49(48)40-20-7-9-22-42(40)50-44/h1-29H. The molecule has 2 aliphatic rings. The third kappa shape index (κ3) is 4.25.